The summed E-state index contributed by atoms with van der Waals surface area (Å²) in [6.07, 6.45) is 3.83. The molecule has 0 atom stereocenters. The SMILES string of the molecule is Cc1cnc(-c2ccc(-c3ncc(I)s3)s2)s1. The third-order valence-electron chi connectivity index (χ3n) is 2.13. The number of halogens is 1. The lowest BCUT2D eigenvalue weighted by Gasteiger charge is -1.88. The molecule has 0 aliphatic carbocycles. The Balaban J connectivity index is 1.98. The minimum absolute atomic E-state index is 1.10. The first-order valence-electron chi connectivity index (χ1n) is 4.87. The van der Waals surface area contributed by atoms with Gasteiger partial charge in [-0.2, -0.15) is 0 Å². The average Bonchev–Trinajstić information content (AvgIpc) is 2.96. The van der Waals surface area contributed by atoms with Gasteiger partial charge in [0, 0.05) is 11.1 Å². The largest absolute Gasteiger partial charge is 0.243 e. The average molecular weight is 390 g/mol. The summed E-state index contributed by atoms with van der Waals surface area (Å²) in [4.78, 5) is 12.5. The number of aryl methyl sites for hydroxylation is 1. The van der Waals surface area contributed by atoms with Gasteiger partial charge in [-0.05, 0) is 41.6 Å². The molecule has 3 rings (SSSR count). The van der Waals surface area contributed by atoms with E-state index >= 15 is 0 Å². The quantitative estimate of drug-likeness (QED) is 0.582. The van der Waals surface area contributed by atoms with E-state index in [1.54, 1.807) is 34.0 Å². The van der Waals surface area contributed by atoms with E-state index in [2.05, 4.69) is 51.6 Å². The maximum atomic E-state index is 4.41. The highest BCUT2D eigenvalue weighted by molar-refractivity contribution is 14.1. The van der Waals surface area contributed by atoms with Crippen molar-refractivity contribution in [1.82, 2.24) is 9.97 Å². The van der Waals surface area contributed by atoms with Crippen LogP contribution in [0.3, 0.4) is 0 Å². The van der Waals surface area contributed by atoms with Crippen molar-refractivity contribution in [3.63, 3.8) is 0 Å². The van der Waals surface area contributed by atoms with Gasteiger partial charge in [-0.25, -0.2) is 9.97 Å². The Labute approximate surface area is 125 Å². The number of aromatic nitrogens is 2. The van der Waals surface area contributed by atoms with Gasteiger partial charge in [0.1, 0.15) is 10.0 Å². The van der Waals surface area contributed by atoms with Crippen LogP contribution in [0, 0.1) is 9.81 Å². The van der Waals surface area contributed by atoms with Crippen molar-refractivity contribution < 1.29 is 0 Å². The van der Waals surface area contributed by atoms with Crippen molar-refractivity contribution in [2.24, 2.45) is 0 Å². The van der Waals surface area contributed by atoms with Gasteiger partial charge in [-0.1, -0.05) is 0 Å². The molecule has 3 aromatic rings. The highest BCUT2D eigenvalue weighted by Gasteiger charge is 2.10. The molecule has 3 heterocycles. The summed E-state index contributed by atoms with van der Waals surface area (Å²) in [7, 11) is 0. The highest BCUT2D eigenvalue weighted by Crippen LogP contribution is 2.37. The van der Waals surface area contributed by atoms with Gasteiger partial charge in [-0.15, -0.1) is 34.0 Å². The predicted molar refractivity (Wildman–Crippen MR) is 84.0 cm³/mol. The summed E-state index contributed by atoms with van der Waals surface area (Å²) in [5.74, 6) is 0. The van der Waals surface area contributed by atoms with E-state index in [1.807, 2.05) is 12.4 Å². The highest BCUT2D eigenvalue weighted by atomic mass is 127. The van der Waals surface area contributed by atoms with E-state index in [1.165, 1.54) is 17.5 Å². The summed E-state index contributed by atoms with van der Waals surface area (Å²) in [6, 6.07) is 4.26. The Morgan fingerprint density at radius 3 is 2.12 bits per heavy atom. The smallest absolute Gasteiger partial charge is 0.134 e. The van der Waals surface area contributed by atoms with Gasteiger partial charge in [0.2, 0.25) is 0 Å². The van der Waals surface area contributed by atoms with Crippen LogP contribution in [0.1, 0.15) is 4.88 Å². The number of thiophene rings is 1. The molecule has 0 spiro atoms. The molecule has 0 fully saturated rings. The van der Waals surface area contributed by atoms with Crippen LogP contribution in [0.4, 0.5) is 0 Å². The lowest BCUT2D eigenvalue weighted by molar-refractivity contribution is 1.39. The Bertz CT molecular complexity index is 598. The summed E-state index contributed by atoms with van der Waals surface area (Å²) in [6.45, 7) is 2.08. The van der Waals surface area contributed by atoms with Crippen LogP contribution in [-0.2, 0) is 0 Å². The monoisotopic (exact) mass is 390 g/mol. The maximum Gasteiger partial charge on any atom is 0.134 e. The fourth-order valence-corrected chi connectivity index (χ4v) is 4.71. The summed E-state index contributed by atoms with van der Waals surface area (Å²) in [5, 5.41) is 2.20. The molecule has 0 saturated heterocycles. The van der Waals surface area contributed by atoms with Crippen LogP contribution in [0.25, 0.3) is 19.8 Å². The maximum absolute atomic E-state index is 4.41. The van der Waals surface area contributed by atoms with Gasteiger partial charge in [0.15, 0.2) is 0 Å². The van der Waals surface area contributed by atoms with Gasteiger partial charge in [-0.3, -0.25) is 0 Å². The number of thiazole rings is 2. The zero-order valence-corrected chi connectivity index (χ0v) is 13.4. The first kappa shape index (κ1) is 11.8. The fraction of sp³-hybridized carbons (Fsp3) is 0.0909. The standard InChI is InChI=1S/C11H7IN2S3/c1-6-4-13-10(15-6)7-2-3-8(16-7)11-14-5-9(12)17-11/h2-5H,1H3. The normalized spacial score (nSPS) is 10.9. The van der Waals surface area contributed by atoms with E-state index < -0.39 is 0 Å². The van der Waals surface area contributed by atoms with Gasteiger partial charge in [0.05, 0.1) is 18.8 Å². The van der Waals surface area contributed by atoms with Crippen LogP contribution >= 0.6 is 56.6 Å². The molecule has 6 heteroatoms. The number of nitrogens with zero attached hydrogens (tertiary/aromatic N) is 2. The topological polar surface area (TPSA) is 25.8 Å². The lowest BCUT2D eigenvalue weighted by Crippen LogP contribution is -1.65. The molecule has 17 heavy (non-hydrogen) atoms. The minimum atomic E-state index is 1.10. The molecule has 86 valence electrons. The zero-order valence-electron chi connectivity index (χ0n) is 8.81. The van der Waals surface area contributed by atoms with E-state index in [9.17, 15) is 0 Å². The van der Waals surface area contributed by atoms with Crippen molar-refractivity contribution in [2.75, 3.05) is 0 Å². The van der Waals surface area contributed by atoms with Crippen LogP contribution < -0.4 is 0 Å². The molecule has 0 aliphatic rings. The first-order chi connectivity index (χ1) is 8.22. The lowest BCUT2D eigenvalue weighted by atomic mass is 10.4. The molecule has 0 N–H and O–H groups in total. The Kier molecular flexibility index (Phi) is 3.29. The fourth-order valence-electron chi connectivity index (χ4n) is 1.40. The van der Waals surface area contributed by atoms with Crippen molar-refractivity contribution in [3.8, 4) is 19.8 Å². The van der Waals surface area contributed by atoms with E-state index in [-0.39, 0.29) is 0 Å². The third-order valence-corrected chi connectivity index (χ3v) is 6.19. The van der Waals surface area contributed by atoms with Crippen LogP contribution in [0.5, 0.6) is 0 Å². The van der Waals surface area contributed by atoms with Crippen molar-refractivity contribution >= 4 is 56.6 Å². The summed E-state index contributed by atoms with van der Waals surface area (Å²) >= 11 is 7.52. The van der Waals surface area contributed by atoms with Crippen LogP contribution in [-0.4, -0.2) is 9.97 Å². The molecule has 0 aliphatic heterocycles. The molecule has 0 bridgehead atoms. The summed E-state index contributed by atoms with van der Waals surface area (Å²) < 4.78 is 1.22. The molecule has 0 saturated carbocycles. The Hall–Kier alpha value is -0.310. The number of hydrogen-bond acceptors (Lipinski definition) is 5. The minimum Gasteiger partial charge on any atom is -0.243 e. The third kappa shape index (κ3) is 2.44. The molecule has 0 amide bonds. The second kappa shape index (κ2) is 4.75. The molecule has 3 aromatic heterocycles. The Morgan fingerprint density at radius 1 is 0.941 bits per heavy atom. The van der Waals surface area contributed by atoms with Crippen molar-refractivity contribution in [3.05, 3.63) is 32.3 Å². The first-order valence-corrected chi connectivity index (χ1v) is 8.39. The van der Waals surface area contributed by atoms with Crippen LogP contribution in [0.15, 0.2) is 24.5 Å². The molecule has 2 nitrogen and oxygen atoms in total. The number of hydrogen-bond donors (Lipinski definition) is 0. The summed E-state index contributed by atoms with van der Waals surface area (Å²) in [5.41, 5.74) is 0. The van der Waals surface area contributed by atoms with E-state index in [4.69, 9.17) is 0 Å². The van der Waals surface area contributed by atoms with Crippen molar-refractivity contribution in [2.45, 2.75) is 6.92 Å². The molecule has 0 radical (unpaired) electrons. The number of rotatable bonds is 2. The molecular formula is C11H7IN2S3. The van der Waals surface area contributed by atoms with Crippen LogP contribution in [0.2, 0.25) is 0 Å². The van der Waals surface area contributed by atoms with E-state index in [0.29, 0.717) is 0 Å². The molecule has 0 aromatic carbocycles. The zero-order chi connectivity index (χ0) is 11.8. The van der Waals surface area contributed by atoms with Gasteiger partial charge >= 0.3 is 0 Å². The molecular weight excluding hydrogens is 383 g/mol. The second-order valence-electron chi connectivity index (χ2n) is 3.41. The predicted octanol–water partition coefficient (Wildman–Crippen LogP) is 4.91. The van der Waals surface area contributed by atoms with Crippen molar-refractivity contribution in [1.29, 1.82) is 0 Å². The second-order valence-corrected chi connectivity index (χ2v) is 8.65. The van der Waals surface area contributed by atoms with E-state index in [0.717, 1.165) is 10.0 Å². The molecule has 0 unspecified atom stereocenters. The van der Waals surface area contributed by atoms with Gasteiger partial charge in [0.25, 0.3) is 0 Å². The van der Waals surface area contributed by atoms with Gasteiger partial charge < -0.3 is 0 Å². The Morgan fingerprint density at radius 2 is 1.59 bits per heavy atom.